The minimum absolute atomic E-state index is 0.0158. The number of halogens is 4. The van der Waals surface area contributed by atoms with Gasteiger partial charge in [-0.15, -0.1) is 0 Å². The Bertz CT molecular complexity index is 1460. The molecule has 0 bridgehead atoms. The molecule has 6 rings (SSSR count). The van der Waals surface area contributed by atoms with Crippen LogP contribution in [0.5, 0.6) is 5.75 Å². The van der Waals surface area contributed by atoms with Gasteiger partial charge >= 0.3 is 12.1 Å². The fourth-order valence-electron chi connectivity index (χ4n) is 8.58. The van der Waals surface area contributed by atoms with Crippen molar-refractivity contribution in [2.45, 2.75) is 80.7 Å². The number of anilines is 1. The third-order valence-corrected chi connectivity index (χ3v) is 11.2. The molecule has 12 heteroatoms. The van der Waals surface area contributed by atoms with Gasteiger partial charge < -0.3 is 24.4 Å². The zero-order valence-corrected chi connectivity index (χ0v) is 27.6. The molecule has 4 aliphatic rings. The summed E-state index contributed by atoms with van der Waals surface area (Å²) in [6, 6.07) is 10.5. The molecule has 4 fully saturated rings. The highest BCUT2D eigenvalue weighted by molar-refractivity contribution is 5.88. The van der Waals surface area contributed by atoms with E-state index in [0.717, 1.165) is 43.4 Å². The molecule has 1 saturated carbocycles. The van der Waals surface area contributed by atoms with E-state index in [2.05, 4.69) is 4.90 Å². The van der Waals surface area contributed by atoms with Crippen LogP contribution in [0.1, 0.15) is 73.5 Å². The lowest BCUT2D eigenvalue weighted by Crippen LogP contribution is -2.53. The monoisotopic (exact) mass is 675 g/mol. The van der Waals surface area contributed by atoms with Gasteiger partial charge in [-0.3, -0.25) is 14.5 Å². The number of amides is 1. The number of aliphatic carboxylic acids is 1. The molecule has 2 aromatic rings. The number of methoxy groups -OCH3 is 2. The van der Waals surface area contributed by atoms with Gasteiger partial charge in [0, 0.05) is 63.4 Å². The number of rotatable bonds is 9. The lowest BCUT2D eigenvalue weighted by atomic mass is 9.84. The number of hydrogen-bond donors (Lipinski definition) is 1. The Morgan fingerprint density at radius 1 is 0.958 bits per heavy atom. The fraction of sp³-hybridized carbons (Fsp3) is 0.611. The fourth-order valence-corrected chi connectivity index (χ4v) is 8.58. The zero-order valence-electron chi connectivity index (χ0n) is 27.6. The summed E-state index contributed by atoms with van der Waals surface area (Å²) in [5.74, 6) is -2.53. The third-order valence-electron chi connectivity index (χ3n) is 11.2. The molecule has 3 saturated heterocycles. The van der Waals surface area contributed by atoms with E-state index in [4.69, 9.17) is 9.47 Å². The molecular weight excluding hydrogens is 630 g/mol. The SMILES string of the molecule is COCC1C(c2ccc(C(F)(F)F)cc2N2CCC(C(=O)O)CC2)CCN1C(=O)[C@]1(F)CN(C2CCCC2)C[C@H]1c1ccc(OC)cc1. The summed E-state index contributed by atoms with van der Waals surface area (Å²) in [5.41, 5.74) is -1.26. The lowest BCUT2D eigenvalue weighted by Gasteiger charge is -2.37. The molecule has 3 heterocycles. The molecule has 1 N–H and O–H groups in total. The minimum Gasteiger partial charge on any atom is -0.497 e. The van der Waals surface area contributed by atoms with Crippen LogP contribution in [0.2, 0.25) is 0 Å². The number of likely N-dealkylation sites (tertiary alicyclic amines) is 2. The summed E-state index contributed by atoms with van der Waals surface area (Å²) in [5, 5.41) is 9.49. The Hall–Kier alpha value is -3.38. The van der Waals surface area contributed by atoms with Gasteiger partial charge in [0.15, 0.2) is 0 Å². The van der Waals surface area contributed by atoms with E-state index >= 15 is 4.39 Å². The normalized spacial score (nSPS) is 27.6. The maximum Gasteiger partial charge on any atom is 0.416 e. The van der Waals surface area contributed by atoms with Gasteiger partial charge in [0.2, 0.25) is 5.67 Å². The van der Waals surface area contributed by atoms with Crippen LogP contribution < -0.4 is 9.64 Å². The summed E-state index contributed by atoms with van der Waals surface area (Å²) in [4.78, 5) is 31.7. The molecule has 1 amide bonds. The maximum atomic E-state index is 17.7. The van der Waals surface area contributed by atoms with Crippen molar-refractivity contribution >= 4 is 17.6 Å². The number of ether oxygens (including phenoxy) is 2. The summed E-state index contributed by atoms with van der Waals surface area (Å²) in [6.07, 6.45) is 0.590. The van der Waals surface area contributed by atoms with Crippen LogP contribution in [-0.2, 0) is 20.5 Å². The maximum absolute atomic E-state index is 17.7. The van der Waals surface area contributed by atoms with Crippen LogP contribution in [0, 0.1) is 5.92 Å². The number of hydrogen-bond acceptors (Lipinski definition) is 6. The molecule has 2 aromatic carbocycles. The molecule has 0 radical (unpaired) electrons. The Kier molecular flexibility index (Phi) is 9.95. The van der Waals surface area contributed by atoms with Gasteiger partial charge in [-0.1, -0.05) is 31.0 Å². The van der Waals surface area contributed by atoms with Gasteiger partial charge in [-0.05, 0) is 67.5 Å². The van der Waals surface area contributed by atoms with Crippen LogP contribution >= 0.6 is 0 Å². The standard InChI is InChI=1S/C36H45F4N3O5/c1-47-21-32-29(28-12-9-25(36(38,39)40)19-31(28)41-16-13-24(14-17-41)33(44)45)15-18-43(32)34(46)35(37)22-42(26-5-3-4-6-26)20-30(35)23-7-10-27(48-2)11-8-23/h7-12,19,24,26,29-30,32H,3-6,13-18,20-22H2,1-2H3,(H,44,45)/t29?,30-,32?,35-/m0/s1. The van der Waals surface area contributed by atoms with Crippen LogP contribution in [0.3, 0.4) is 0 Å². The molecule has 2 unspecified atom stereocenters. The zero-order chi connectivity index (χ0) is 34.2. The van der Waals surface area contributed by atoms with Gasteiger partial charge in [-0.2, -0.15) is 13.2 Å². The Morgan fingerprint density at radius 2 is 1.65 bits per heavy atom. The number of nitrogens with zero attached hydrogens (tertiary/aromatic N) is 3. The molecule has 262 valence electrons. The highest BCUT2D eigenvalue weighted by Gasteiger charge is 2.58. The highest BCUT2D eigenvalue weighted by Crippen LogP contribution is 2.47. The molecule has 8 nitrogen and oxygen atoms in total. The van der Waals surface area contributed by atoms with Crippen LogP contribution in [0.4, 0.5) is 23.2 Å². The van der Waals surface area contributed by atoms with Gasteiger partial charge in [0.25, 0.3) is 5.91 Å². The number of carbonyl (C=O) groups excluding carboxylic acids is 1. The van der Waals surface area contributed by atoms with Crippen LogP contribution in [-0.4, -0.2) is 98.1 Å². The Balaban J connectivity index is 1.32. The topological polar surface area (TPSA) is 82.5 Å². The molecule has 1 aliphatic carbocycles. The largest absolute Gasteiger partial charge is 0.497 e. The van der Waals surface area contributed by atoms with Gasteiger partial charge in [0.1, 0.15) is 5.75 Å². The van der Waals surface area contributed by atoms with Crippen molar-refractivity contribution in [2.24, 2.45) is 5.92 Å². The van der Waals surface area contributed by atoms with E-state index in [0.29, 0.717) is 55.9 Å². The van der Waals surface area contributed by atoms with Crippen molar-refractivity contribution in [2.75, 3.05) is 58.5 Å². The van der Waals surface area contributed by atoms with Crippen molar-refractivity contribution in [1.82, 2.24) is 9.80 Å². The number of benzene rings is 2. The summed E-state index contributed by atoms with van der Waals surface area (Å²) < 4.78 is 70.4. The van der Waals surface area contributed by atoms with Gasteiger partial charge in [0.05, 0.1) is 31.2 Å². The predicted octanol–water partition coefficient (Wildman–Crippen LogP) is 6.10. The second-order valence-corrected chi connectivity index (χ2v) is 13.8. The van der Waals surface area contributed by atoms with Crippen LogP contribution in [0.15, 0.2) is 42.5 Å². The van der Waals surface area contributed by atoms with E-state index in [1.807, 2.05) is 17.0 Å². The predicted molar refractivity (Wildman–Crippen MR) is 172 cm³/mol. The lowest BCUT2D eigenvalue weighted by molar-refractivity contribution is -0.146. The summed E-state index contributed by atoms with van der Waals surface area (Å²) >= 11 is 0. The molecule has 4 atom stereocenters. The first-order chi connectivity index (χ1) is 22.9. The van der Waals surface area contributed by atoms with Crippen molar-refractivity contribution in [3.05, 3.63) is 59.2 Å². The molecule has 3 aliphatic heterocycles. The Labute approximate surface area is 279 Å². The van der Waals surface area contributed by atoms with E-state index < -0.39 is 53.1 Å². The molecular formula is C36H45F4N3O5. The first kappa shape index (κ1) is 34.5. The van der Waals surface area contributed by atoms with E-state index in [-0.39, 0.29) is 25.7 Å². The van der Waals surface area contributed by atoms with E-state index in [1.54, 1.807) is 24.1 Å². The van der Waals surface area contributed by atoms with Crippen molar-refractivity contribution in [1.29, 1.82) is 0 Å². The van der Waals surface area contributed by atoms with Crippen molar-refractivity contribution in [3.8, 4) is 5.75 Å². The van der Waals surface area contributed by atoms with E-state index in [1.165, 1.54) is 13.2 Å². The second kappa shape index (κ2) is 13.9. The number of carbonyl (C=O) groups is 2. The average Bonchev–Trinajstić information content (AvgIpc) is 3.84. The van der Waals surface area contributed by atoms with Crippen molar-refractivity contribution < 1.29 is 41.7 Å². The van der Waals surface area contributed by atoms with E-state index in [9.17, 15) is 27.9 Å². The number of carboxylic acid groups (broad SMARTS) is 1. The first-order valence-electron chi connectivity index (χ1n) is 17.0. The van der Waals surface area contributed by atoms with Crippen molar-refractivity contribution in [3.63, 3.8) is 0 Å². The molecule has 0 spiro atoms. The summed E-state index contributed by atoms with van der Waals surface area (Å²) in [7, 11) is 3.07. The quantitative estimate of drug-likeness (QED) is 0.322. The number of alkyl halides is 4. The minimum atomic E-state index is -4.57. The van der Waals surface area contributed by atoms with Crippen LogP contribution in [0.25, 0.3) is 0 Å². The highest BCUT2D eigenvalue weighted by atomic mass is 19.4. The summed E-state index contributed by atoms with van der Waals surface area (Å²) in [6.45, 7) is 1.32. The first-order valence-corrected chi connectivity index (χ1v) is 17.0. The molecule has 48 heavy (non-hydrogen) atoms. The smallest absolute Gasteiger partial charge is 0.416 e. The second-order valence-electron chi connectivity index (χ2n) is 13.8. The third kappa shape index (κ3) is 6.62. The Morgan fingerprint density at radius 3 is 2.25 bits per heavy atom. The molecule has 0 aromatic heterocycles. The average molecular weight is 676 g/mol. The van der Waals surface area contributed by atoms with Gasteiger partial charge in [-0.25, -0.2) is 4.39 Å². The number of piperidine rings is 1. The number of carboxylic acids is 1.